The molecule has 1 amide bonds. The van der Waals surface area contributed by atoms with E-state index in [0.717, 1.165) is 22.3 Å². The maximum atomic E-state index is 11.9. The molecule has 1 aromatic carbocycles. The normalized spacial score (nSPS) is 20.8. The van der Waals surface area contributed by atoms with Crippen LogP contribution in [-0.4, -0.2) is 34.0 Å². The van der Waals surface area contributed by atoms with Gasteiger partial charge in [0.2, 0.25) is 5.91 Å². The number of carbonyl (C=O) groups is 1. The Kier molecular flexibility index (Phi) is 5.09. The molecule has 3 N–H and O–H groups in total. The lowest BCUT2D eigenvalue weighted by molar-refractivity contribution is -0.123. The van der Waals surface area contributed by atoms with Crippen LogP contribution < -0.4 is 16.0 Å². The van der Waals surface area contributed by atoms with Crippen molar-refractivity contribution in [2.45, 2.75) is 30.8 Å². The molecule has 1 saturated heterocycles. The minimum atomic E-state index is -0.275. The number of thioether (sulfide) groups is 1. The van der Waals surface area contributed by atoms with Gasteiger partial charge in [0, 0.05) is 35.8 Å². The fourth-order valence-corrected chi connectivity index (χ4v) is 3.24. The van der Waals surface area contributed by atoms with Gasteiger partial charge in [-0.2, -0.15) is 0 Å². The van der Waals surface area contributed by atoms with Crippen LogP contribution >= 0.6 is 11.8 Å². The van der Waals surface area contributed by atoms with Crippen molar-refractivity contribution in [2.75, 3.05) is 11.1 Å². The zero-order valence-corrected chi connectivity index (χ0v) is 13.6. The van der Waals surface area contributed by atoms with E-state index in [-0.39, 0.29) is 18.2 Å². The van der Waals surface area contributed by atoms with E-state index < -0.39 is 0 Å². The highest BCUT2D eigenvalue weighted by atomic mass is 32.2. The summed E-state index contributed by atoms with van der Waals surface area (Å²) >= 11 is 1.56. The van der Waals surface area contributed by atoms with E-state index in [0.29, 0.717) is 6.42 Å². The highest BCUT2D eigenvalue weighted by Crippen LogP contribution is 2.17. The van der Waals surface area contributed by atoms with Crippen molar-refractivity contribution < 1.29 is 4.79 Å². The summed E-state index contributed by atoms with van der Waals surface area (Å²) < 4.78 is 0. The number of aromatic nitrogens is 2. The standard InChI is InChI=1S/C16H19N5OS/c1-11-7-8-17-16(18-11)23-10-13-9-14(22)21-15(20-13)19-12-5-3-2-4-6-12/h2-8,13,15,19-20H,9-10H2,1H3,(H,21,22). The minimum Gasteiger partial charge on any atom is -0.353 e. The van der Waals surface area contributed by atoms with Gasteiger partial charge < -0.3 is 10.6 Å². The third-order valence-electron chi connectivity index (χ3n) is 3.41. The quantitative estimate of drug-likeness (QED) is 0.573. The lowest BCUT2D eigenvalue weighted by Gasteiger charge is -2.32. The molecular formula is C16H19N5OS. The zero-order valence-electron chi connectivity index (χ0n) is 12.8. The number of nitrogens with one attached hydrogen (secondary N) is 3. The van der Waals surface area contributed by atoms with Gasteiger partial charge in [0.15, 0.2) is 11.4 Å². The predicted molar refractivity (Wildman–Crippen MR) is 91.0 cm³/mol. The van der Waals surface area contributed by atoms with Crippen LogP contribution in [0.15, 0.2) is 47.8 Å². The van der Waals surface area contributed by atoms with Crippen LogP contribution in [0.2, 0.25) is 0 Å². The molecule has 0 radical (unpaired) electrons. The maximum absolute atomic E-state index is 11.9. The van der Waals surface area contributed by atoms with Gasteiger partial charge in [-0.05, 0) is 25.1 Å². The molecule has 1 fully saturated rings. The molecule has 120 valence electrons. The Labute approximate surface area is 139 Å². The first-order chi connectivity index (χ1) is 11.2. The van der Waals surface area contributed by atoms with Crippen molar-refractivity contribution >= 4 is 23.4 Å². The van der Waals surface area contributed by atoms with Gasteiger partial charge in [0.05, 0.1) is 0 Å². The molecule has 1 aliphatic rings. The molecular weight excluding hydrogens is 310 g/mol. The molecule has 6 nitrogen and oxygen atoms in total. The molecule has 2 atom stereocenters. The second-order valence-electron chi connectivity index (χ2n) is 5.37. The van der Waals surface area contributed by atoms with Gasteiger partial charge >= 0.3 is 0 Å². The first kappa shape index (κ1) is 15.8. The summed E-state index contributed by atoms with van der Waals surface area (Å²) in [5.41, 5.74) is 1.90. The second kappa shape index (κ2) is 7.43. The number of hydrogen-bond acceptors (Lipinski definition) is 6. The average Bonchev–Trinajstić information content (AvgIpc) is 2.53. The van der Waals surface area contributed by atoms with Crippen molar-refractivity contribution in [2.24, 2.45) is 0 Å². The van der Waals surface area contributed by atoms with Crippen LogP contribution in [0.5, 0.6) is 0 Å². The highest BCUT2D eigenvalue weighted by Gasteiger charge is 2.25. The monoisotopic (exact) mass is 329 g/mol. The SMILES string of the molecule is Cc1ccnc(SCC2CC(=O)NC(Nc3ccccc3)N2)n1. The summed E-state index contributed by atoms with van der Waals surface area (Å²) in [6.45, 7) is 1.94. The minimum absolute atomic E-state index is 0.0351. The molecule has 0 spiro atoms. The number of para-hydroxylation sites is 1. The fraction of sp³-hybridized carbons (Fsp3) is 0.312. The van der Waals surface area contributed by atoms with E-state index >= 15 is 0 Å². The number of hydrogen-bond donors (Lipinski definition) is 3. The van der Waals surface area contributed by atoms with Crippen LogP contribution in [0.1, 0.15) is 12.1 Å². The number of aryl methyl sites for hydroxylation is 1. The van der Waals surface area contributed by atoms with Crippen LogP contribution in [0.4, 0.5) is 5.69 Å². The van der Waals surface area contributed by atoms with Gasteiger partial charge in [0.1, 0.15) is 0 Å². The number of nitrogens with zero attached hydrogens (tertiary/aromatic N) is 2. The molecule has 1 aliphatic heterocycles. The highest BCUT2D eigenvalue weighted by molar-refractivity contribution is 7.99. The number of benzene rings is 1. The molecule has 3 rings (SSSR count). The molecule has 2 heterocycles. The fourth-order valence-electron chi connectivity index (χ4n) is 2.34. The number of amides is 1. The van der Waals surface area contributed by atoms with Crippen LogP contribution in [0, 0.1) is 6.92 Å². The molecule has 0 aliphatic carbocycles. The van der Waals surface area contributed by atoms with E-state index in [9.17, 15) is 4.79 Å². The zero-order chi connectivity index (χ0) is 16.1. The van der Waals surface area contributed by atoms with Gasteiger partial charge in [-0.3, -0.25) is 10.1 Å². The Balaban J connectivity index is 1.56. The van der Waals surface area contributed by atoms with Crippen molar-refractivity contribution in [3.05, 3.63) is 48.3 Å². The van der Waals surface area contributed by atoms with Crippen molar-refractivity contribution in [1.82, 2.24) is 20.6 Å². The summed E-state index contributed by atoms with van der Waals surface area (Å²) in [6.07, 6.45) is 1.93. The summed E-state index contributed by atoms with van der Waals surface area (Å²) in [5.74, 6) is 0.775. The van der Waals surface area contributed by atoms with Crippen molar-refractivity contribution in [3.63, 3.8) is 0 Å². The lowest BCUT2D eigenvalue weighted by atomic mass is 10.2. The smallest absolute Gasteiger partial charge is 0.224 e. The first-order valence-electron chi connectivity index (χ1n) is 7.48. The van der Waals surface area contributed by atoms with Crippen molar-refractivity contribution in [1.29, 1.82) is 0 Å². The molecule has 23 heavy (non-hydrogen) atoms. The molecule has 2 unspecified atom stereocenters. The van der Waals surface area contributed by atoms with E-state index in [1.165, 1.54) is 0 Å². The van der Waals surface area contributed by atoms with E-state index in [4.69, 9.17) is 0 Å². The largest absolute Gasteiger partial charge is 0.353 e. The second-order valence-corrected chi connectivity index (χ2v) is 6.36. The number of rotatable bonds is 5. The topological polar surface area (TPSA) is 78.9 Å². The number of carbonyl (C=O) groups excluding carboxylic acids is 1. The summed E-state index contributed by atoms with van der Waals surface area (Å²) in [5, 5.41) is 10.3. The molecule has 1 aromatic heterocycles. The summed E-state index contributed by atoms with van der Waals surface area (Å²) in [6, 6.07) is 11.7. The third-order valence-corrected chi connectivity index (χ3v) is 4.43. The average molecular weight is 329 g/mol. The predicted octanol–water partition coefficient (Wildman–Crippen LogP) is 1.75. The Morgan fingerprint density at radius 3 is 2.91 bits per heavy atom. The summed E-state index contributed by atoms with van der Waals surface area (Å²) in [4.78, 5) is 20.5. The Morgan fingerprint density at radius 1 is 1.30 bits per heavy atom. The van der Waals surface area contributed by atoms with E-state index in [1.807, 2.05) is 43.3 Å². The van der Waals surface area contributed by atoms with Crippen LogP contribution in [-0.2, 0) is 4.79 Å². The summed E-state index contributed by atoms with van der Waals surface area (Å²) in [7, 11) is 0. The molecule has 0 bridgehead atoms. The van der Waals surface area contributed by atoms with E-state index in [1.54, 1.807) is 18.0 Å². The Hall–Kier alpha value is -2.12. The van der Waals surface area contributed by atoms with Gasteiger partial charge in [-0.1, -0.05) is 30.0 Å². The molecule has 0 saturated carbocycles. The first-order valence-corrected chi connectivity index (χ1v) is 8.47. The Morgan fingerprint density at radius 2 is 2.13 bits per heavy atom. The van der Waals surface area contributed by atoms with Crippen molar-refractivity contribution in [3.8, 4) is 0 Å². The van der Waals surface area contributed by atoms with Gasteiger partial charge in [-0.25, -0.2) is 9.97 Å². The molecule has 7 heteroatoms. The lowest BCUT2D eigenvalue weighted by Crippen LogP contribution is -2.60. The Bertz CT molecular complexity index is 667. The third kappa shape index (κ3) is 4.67. The number of anilines is 1. The maximum Gasteiger partial charge on any atom is 0.224 e. The van der Waals surface area contributed by atoms with E-state index in [2.05, 4.69) is 25.9 Å². The van der Waals surface area contributed by atoms with Crippen LogP contribution in [0.3, 0.4) is 0 Å². The van der Waals surface area contributed by atoms with Gasteiger partial charge in [0.25, 0.3) is 0 Å². The molecule has 2 aromatic rings. The van der Waals surface area contributed by atoms with Crippen LogP contribution in [0.25, 0.3) is 0 Å². The van der Waals surface area contributed by atoms with Gasteiger partial charge in [-0.15, -0.1) is 0 Å².